The van der Waals surface area contributed by atoms with Crippen LogP contribution in [-0.4, -0.2) is 19.7 Å². The maximum Gasteiger partial charge on any atom is 0.177 e. The number of hydrogen-bond acceptors (Lipinski definition) is 3. The zero-order chi connectivity index (χ0) is 9.38. The molecular formula is C11H15NOS. The van der Waals surface area contributed by atoms with Crippen LogP contribution < -0.4 is 10.1 Å². The van der Waals surface area contributed by atoms with E-state index < -0.39 is 0 Å². The Labute approximate surface area is 88.3 Å². The van der Waals surface area contributed by atoms with Crippen molar-refractivity contribution in [2.24, 2.45) is 0 Å². The largest absolute Gasteiger partial charge is 0.484 e. The zero-order valence-corrected chi connectivity index (χ0v) is 9.03. The smallest absolute Gasteiger partial charge is 0.177 e. The molecule has 0 aromatic carbocycles. The molecule has 0 aliphatic carbocycles. The third kappa shape index (κ3) is 1.44. The molecule has 0 spiro atoms. The lowest BCUT2D eigenvalue weighted by atomic mass is 10.0. The van der Waals surface area contributed by atoms with E-state index in [0.717, 1.165) is 19.1 Å². The number of thiophene rings is 1. The predicted molar refractivity (Wildman–Crippen MR) is 58.4 cm³/mol. The second-order valence-electron chi connectivity index (χ2n) is 4.10. The Morgan fingerprint density at radius 3 is 3.29 bits per heavy atom. The van der Waals surface area contributed by atoms with Crippen LogP contribution in [0.25, 0.3) is 0 Å². The Kier molecular flexibility index (Phi) is 2.22. The van der Waals surface area contributed by atoms with E-state index in [1.165, 1.54) is 41.3 Å². The van der Waals surface area contributed by atoms with Crippen molar-refractivity contribution in [3.63, 3.8) is 0 Å². The van der Waals surface area contributed by atoms with Crippen molar-refractivity contribution in [3.05, 3.63) is 16.5 Å². The van der Waals surface area contributed by atoms with E-state index in [1.54, 1.807) is 0 Å². The summed E-state index contributed by atoms with van der Waals surface area (Å²) in [6.45, 7) is 3.24. The van der Waals surface area contributed by atoms with Crippen LogP contribution in [0, 0.1) is 0 Å². The fourth-order valence-corrected chi connectivity index (χ4v) is 3.47. The number of aryl methyl sites for hydroxylation is 1. The first-order valence-corrected chi connectivity index (χ1v) is 6.21. The summed E-state index contributed by atoms with van der Waals surface area (Å²) < 4.78 is 5.66. The van der Waals surface area contributed by atoms with Gasteiger partial charge in [-0.2, -0.15) is 0 Å². The van der Waals surface area contributed by atoms with Gasteiger partial charge in [0.2, 0.25) is 0 Å². The molecule has 1 N–H and O–H groups in total. The van der Waals surface area contributed by atoms with Gasteiger partial charge >= 0.3 is 0 Å². The van der Waals surface area contributed by atoms with Crippen molar-refractivity contribution in [1.29, 1.82) is 0 Å². The highest BCUT2D eigenvalue weighted by atomic mass is 32.1. The SMILES string of the molecule is c1c(C2CCNC2)sc2c1CCCO2. The van der Waals surface area contributed by atoms with Crippen LogP contribution in [0.3, 0.4) is 0 Å². The Bertz CT molecular complexity index is 305. The molecule has 1 atom stereocenters. The minimum atomic E-state index is 0.745. The van der Waals surface area contributed by atoms with Gasteiger partial charge in [0.05, 0.1) is 6.61 Å². The lowest BCUT2D eigenvalue weighted by molar-refractivity contribution is 0.298. The van der Waals surface area contributed by atoms with Gasteiger partial charge in [0.1, 0.15) is 0 Å². The van der Waals surface area contributed by atoms with Crippen LogP contribution in [0.5, 0.6) is 5.06 Å². The molecule has 2 nitrogen and oxygen atoms in total. The van der Waals surface area contributed by atoms with Crippen LogP contribution in [0.15, 0.2) is 6.07 Å². The first-order chi connectivity index (χ1) is 6.93. The molecule has 0 saturated carbocycles. The number of hydrogen-bond donors (Lipinski definition) is 1. The molecule has 0 bridgehead atoms. The topological polar surface area (TPSA) is 21.3 Å². The van der Waals surface area contributed by atoms with E-state index in [4.69, 9.17) is 4.74 Å². The highest BCUT2D eigenvalue weighted by Crippen LogP contribution is 2.39. The molecule has 1 fully saturated rings. The third-order valence-electron chi connectivity index (χ3n) is 3.08. The third-order valence-corrected chi connectivity index (χ3v) is 4.33. The summed E-state index contributed by atoms with van der Waals surface area (Å²) in [5, 5.41) is 4.61. The predicted octanol–water partition coefficient (Wildman–Crippen LogP) is 2.15. The molecule has 2 aliphatic heterocycles. The Balaban J connectivity index is 1.87. The maximum atomic E-state index is 5.66. The van der Waals surface area contributed by atoms with Gasteiger partial charge < -0.3 is 10.1 Å². The lowest BCUT2D eigenvalue weighted by Crippen LogP contribution is -2.07. The van der Waals surface area contributed by atoms with Crippen LogP contribution in [-0.2, 0) is 6.42 Å². The van der Waals surface area contributed by atoms with Crippen molar-refractivity contribution in [2.45, 2.75) is 25.2 Å². The van der Waals surface area contributed by atoms with Gasteiger partial charge in [-0.05, 0) is 31.9 Å². The average molecular weight is 209 g/mol. The molecule has 0 radical (unpaired) electrons. The van der Waals surface area contributed by atoms with Crippen molar-refractivity contribution >= 4 is 11.3 Å². The fraction of sp³-hybridized carbons (Fsp3) is 0.636. The summed E-state index contributed by atoms with van der Waals surface area (Å²) in [5.41, 5.74) is 1.45. The van der Waals surface area contributed by atoms with Crippen molar-refractivity contribution in [2.75, 3.05) is 19.7 Å². The normalized spacial score (nSPS) is 25.9. The van der Waals surface area contributed by atoms with Gasteiger partial charge in [-0.15, -0.1) is 11.3 Å². The van der Waals surface area contributed by atoms with Gasteiger partial charge in [0.15, 0.2) is 5.06 Å². The molecule has 0 amide bonds. The molecule has 3 heterocycles. The summed E-state index contributed by atoms with van der Waals surface area (Å²) >= 11 is 1.87. The number of fused-ring (bicyclic) bond motifs is 1. The minimum Gasteiger partial charge on any atom is -0.484 e. The van der Waals surface area contributed by atoms with E-state index in [2.05, 4.69) is 11.4 Å². The molecule has 2 aliphatic rings. The van der Waals surface area contributed by atoms with Crippen LogP contribution in [0.4, 0.5) is 0 Å². The summed E-state index contributed by atoms with van der Waals surface area (Å²) in [7, 11) is 0. The lowest BCUT2D eigenvalue weighted by Gasteiger charge is -2.11. The van der Waals surface area contributed by atoms with Gasteiger partial charge in [-0.1, -0.05) is 0 Å². The highest BCUT2D eigenvalue weighted by Gasteiger charge is 2.22. The van der Waals surface area contributed by atoms with Gasteiger partial charge in [-0.3, -0.25) is 0 Å². The molecular weight excluding hydrogens is 194 g/mol. The van der Waals surface area contributed by atoms with E-state index in [0.29, 0.717) is 0 Å². The Hall–Kier alpha value is -0.540. The van der Waals surface area contributed by atoms with Crippen molar-refractivity contribution in [3.8, 4) is 5.06 Å². The first-order valence-electron chi connectivity index (χ1n) is 5.39. The Morgan fingerprint density at radius 1 is 1.50 bits per heavy atom. The number of ether oxygens (including phenoxy) is 1. The quantitative estimate of drug-likeness (QED) is 0.765. The summed E-state index contributed by atoms with van der Waals surface area (Å²) in [5.74, 6) is 0.745. The van der Waals surface area contributed by atoms with Gasteiger partial charge in [-0.25, -0.2) is 0 Å². The molecule has 14 heavy (non-hydrogen) atoms. The molecule has 1 saturated heterocycles. The molecule has 76 valence electrons. The second-order valence-corrected chi connectivity index (χ2v) is 5.15. The summed E-state index contributed by atoms with van der Waals surface area (Å²) in [6, 6.07) is 2.37. The number of nitrogens with one attached hydrogen (secondary N) is 1. The Morgan fingerprint density at radius 2 is 2.50 bits per heavy atom. The first kappa shape index (κ1) is 8.74. The molecule has 1 unspecified atom stereocenters. The van der Waals surface area contributed by atoms with Gasteiger partial charge in [0.25, 0.3) is 0 Å². The summed E-state index contributed by atoms with van der Waals surface area (Å²) in [6.07, 6.45) is 3.69. The van der Waals surface area contributed by atoms with Crippen LogP contribution in [0.2, 0.25) is 0 Å². The minimum absolute atomic E-state index is 0.745. The highest BCUT2D eigenvalue weighted by molar-refractivity contribution is 7.14. The van der Waals surface area contributed by atoms with Gasteiger partial charge in [0, 0.05) is 22.9 Å². The second kappa shape index (κ2) is 3.55. The molecule has 3 heteroatoms. The van der Waals surface area contributed by atoms with E-state index in [-0.39, 0.29) is 0 Å². The fourth-order valence-electron chi connectivity index (χ4n) is 2.26. The van der Waals surface area contributed by atoms with Crippen LogP contribution >= 0.6 is 11.3 Å². The zero-order valence-electron chi connectivity index (χ0n) is 8.21. The van der Waals surface area contributed by atoms with Crippen molar-refractivity contribution < 1.29 is 4.74 Å². The van der Waals surface area contributed by atoms with E-state index >= 15 is 0 Å². The molecule has 1 aromatic rings. The van der Waals surface area contributed by atoms with E-state index in [1.807, 2.05) is 11.3 Å². The van der Waals surface area contributed by atoms with Crippen molar-refractivity contribution in [1.82, 2.24) is 5.32 Å². The summed E-state index contributed by atoms with van der Waals surface area (Å²) in [4.78, 5) is 1.53. The number of rotatable bonds is 1. The monoisotopic (exact) mass is 209 g/mol. The standard InChI is InChI=1S/C11H15NOS/c1-2-8-6-10(9-3-4-12-7-9)14-11(8)13-5-1/h6,9,12H,1-5,7H2. The molecule has 3 rings (SSSR count). The molecule has 1 aromatic heterocycles. The maximum absolute atomic E-state index is 5.66. The van der Waals surface area contributed by atoms with Crippen LogP contribution in [0.1, 0.15) is 29.2 Å². The average Bonchev–Trinajstić information content (AvgIpc) is 2.86. The van der Waals surface area contributed by atoms with E-state index in [9.17, 15) is 0 Å².